The highest BCUT2D eigenvalue weighted by molar-refractivity contribution is 7.11. The zero-order valence-electron chi connectivity index (χ0n) is 11.1. The molecule has 0 radical (unpaired) electrons. The van der Waals surface area contributed by atoms with E-state index in [1.807, 2.05) is 6.20 Å². The molecule has 106 valence electrons. The number of nitrogens with zero attached hydrogens (tertiary/aromatic N) is 1. The molecule has 0 bridgehead atoms. The van der Waals surface area contributed by atoms with Gasteiger partial charge in [-0.05, 0) is 37.1 Å². The van der Waals surface area contributed by atoms with Gasteiger partial charge in [0.05, 0.1) is 11.6 Å². The second-order valence-corrected chi connectivity index (χ2v) is 6.13. The van der Waals surface area contributed by atoms with Crippen LogP contribution in [0.25, 0.3) is 0 Å². The Kier molecular flexibility index (Phi) is 4.28. The molecule has 1 saturated carbocycles. The zero-order chi connectivity index (χ0) is 13.8. The molecule has 1 aliphatic rings. The Morgan fingerprint density at radius 3 is 2.85 bits per heavy atom. The number of rotatable bonds is 7. The van der Waals surface area contributed by atoms with Gasteiger partial charge in [-0.15, -0.1) is 11.3 Å². The summed E-state index contributed by atoms with van der Waals surface area (Å²) >= 11 is 1.73. The summed E-state index contributed by atoms with van der Waals surface area (Å²) < 4.78 is 18.3. The van der Waals surface area contributed by atoms with Crippen molar-refractivity contribution in [1.29, 1.82) is 0 Å². The number of thiazole rings is 1. The van der Waals surface area contributed by atoms with Gasteiger partial charge < -0.3 is 10.1 Å². The van der Waals surface area contributed by atoms with Crippen LogP contribution in [0.2, 0.25) is 0 Å². The molecule has 3 rings (SSSR count). The molecule has 0 atom stereocenters. The maximum Gasteiger partial charge on any atom is 0.123 e. The van der Waals surface area contributed by atoms with Gasteiger partial charge in [-0.2, -0.15) is 0 Å². The Bertz CT molecular complexity index is 551. The minimum Gasteiger partial charge on any atom is -0.493 e. The number of hydrogen-bond donors (Lipinski definition) is 1. The molecule has 0 spiro atoms. The normalized spacial score (nSPS) is 14.4. The van der Waals surface area contributed by atoms with Crippen LogP contribution < -0.4 is 10.1 Å². The van der Waals surface area contributed by atoms with Crippen LogP contribution in [-0.4, -0.2) is 17.6 Å². The molecule has 1 aromatic carbocycles. The number of hydrogen-bond acceptors (Lipinski definition) is 4. The van der Waals surface area contributed by atoms with Crippen LogP contribution in [0, 0.1) is 5.82 Å². The van der Waals surface area contributed by atoms with E-state index in [2.05, 4.69) is 10.3 Å². The first-order valence-electron chi connectivity index (χ1n) is 6.85. The molecule has 3 nitrogen and oxygen atoms in total. The maximum absolute atomic E-state index is 12.7. The molecular weight excluding hydrogens is 275 g/mol. The molecular formula is C15H17FN2OS. The highest BCUT2D eigenvalue weighted by atomic mass is 32.1. The zero-order valence-corrected chi connectivity index (χ0v) is 12.0. The fraction of sp³-hybridized carbons (Fsp3) is 0.400. The highest BCUT2D eigenvalue weighted by Crippen LogP contribution is 2.21. The summed E-state index contributed by atoms with van der Waals surface area (Å²) in [6.07, 6.45) is 5.33. The third-order valence-electron chi connectivity index (χ3n) is 3.14. The molecule has 1 N–H and O–H groups in total. The molecule has 1 fully saturated rings. The van der Waals surface area contributed by atoms with Gasteiger partial charge in [0.2, 0.25) is 0 Å². The van der Waals surface area contributed by atoms with Crippen molar-refractivity contribution in [2.75, 3.05) is 6.61 Å². The largest absolute Gasteiger partial charge is 0.493 e. The predicted octanol–water partition coefficient (Wildman–Crippen LogP) is 3.16. The maximum atomic E-state index is 12.7. The Morgan fingerprint density at radius 2 is 2.10 bits per heavy atom. The summed E-state index contributed by atoms with van der Waals surface area (Å²) in [5, 5.41) is 4.56. The van der Waals surface area contributed by atoms with E-state index in [9.17, 15) is 4.39 Å². The minimum atomic E-state index is -0.245. The van der Waals surface area contributed by atoms with Crippen molar-refractivity contribution in [2.45, 2.75) is 31.8 Å². The molecule has 0 amide bonds. The molecule has 0 unspecified atom stereocenters. The quantitative estimate of drug-likeness (QED) is 0.851. The smallest absolute Gasteiger partial charge is 0.123 e. The second-order valence-electron chi connectivity index (χ2n) is 4.93. The van der Waals surface area contributed by atoms with Crippen molar-refractivity contribution in [1.82, 2.24) is 10.3 Å². The van der Waals surface area contributed by atoms with Crippen molar-refractivity contribution in [3.8, 4) is 5.75 Å². The van der Waals surface area contributed by atoms with Crippen molar-refractivity contribution in [3.63, 3.8) is 0 Å². The fourth-order valence-corrected chi connectivity index (χ4v) is 2.72. The third kappa shape index (κ3) is 4.02. The van der Waals surface area contributed by atoms with Gasteiger partial charge >= 0.3 is 0 Å². The third-order valence-corrected chi connectivity index (χ3v) is 4.20. The summed E-state index contributed by atoms with van der Waals surface area (Å²) in [4.78, 5) is 5.67. The fourth-order valence-electron chi connectivity index (χ4n) is 1.86. The van der Waals surface area contributed by atoms with E-state index in [4.69, 9.17) is 4.74 Å². The number of benzene rings is 1. The van der Waals surface area contributed by atoms with Gasteiger partial charge in [0.25, 0.3) is 0 Å². The van der Waals surface area contributed by atoms with Gasteiger partial charge in [-0.3, -0.25) is 0 Å². The average molecular weight is 292 g/mol. The van der Waals surface area contributed by atoms with E-state index in [1.165, 1.54) is 29.9 Å². The van der Waals surface area contributed by atoms with E-state index >= 15 is 0 Å². The van der Waals surface area contributed by atoms with Crippen LogP contribution in [0.3, 0.4) is 0 Å². The van der Waals surface area contributed by atoms with Crippen LogP contribution in [0.4, 0.5) is 4.39 Å². The molecule has 2 aromatic rings. The predicted molar refractivity (Wildman–Crippen MR) is 77.6 cm³/mol. The summed E-state index contributed by atoms with van der Waals surface area (Å²) in [6, 6.07) is 6.81. The van der Waals surface area contributed by atoms with Crippen LogP contribution in [-0.2, 0) is 13.0 Å². The lowest BCUT2D eigenvalue weighted by Gasteiger charge is -2.04. The first kappa shape index (κ1) is 13.5. The highest BCUT2D eigenvalue weighted by Gasteiger charge is 2.20. The molecule has 0 aliphatic heterocycles. The molecule has 5 heteroatoms. The van der Waals surface area contributed by atoms with Gasteiger partial charge in [0.15, 0.2) is 0 Å². The standard InChI is InChI=1S/C15H17FN2OS/c16-11-1-5-13(6-2-11)19-8-7-15-18-10-14(20-15)9-17-12-3-4-12/h1-2,5-6,10,12,17H,3-4,7-9H2. The summed E-state index contributed by atoms with van der Waals surface area (Å²) in [6.45, 7) is 1.48. The summed E-state index contributed by atoms with van der Waals surface area (Å²) in [7, 11) is 0. The van der Waals surface area contributed by atoms with Crippen molar-refractivity contribution in [3.05, 3.63) is 46.2 Å². The first-order valence-corrected chi connectivity index (χ1v) is 7.66. The van der Waals surface area contributed by atoms with Crippen molar-refractivity contribution < 1.29 is 9.13 Å². The average Bonchev–Trinajstić information content (AvgIpc) is 3.18. The Morgan fingerprint density at radius 1 is 1.30 bits per heavy atom. The molecule has 1 aromatic heterocycles. The Labute approximate surface area is 121 Å². The van der Waals surface area contributed by atoms with E-state index < -0.39 is 0 Å². The lowest BCUT2D eigenvalue weighted by Crippen LogP contribution is -2.14. The van der Waals surface area contributed by atoms with Gasteiger partial charge in [-0.1, -0.05) is 0 Å². The Balaban J connectivity index is 1.42. The van der Waals surface area contributed by atoms with Gasteiger partial charge in [-0.25, -0.2) is 9.37 Å². The van der Waals surface area contributed by atoms with Crippen LogP contribution in [0.5, 0.6) is 5.75 Å². The molecule has 0 saturated heterocycles. The number of nitrogens with one attached hydrogen (secondary N) is 1. The van der Waals surface area contributed by atoms with E-state index in [0.29, 0.717) is 12.4 Å². The summed E-state index contributed by atoms with van der Waals surface area (Å²) in [5.74, 6) is 0.448. The van der Waals surface area contributed by atoms with Crippen LogP contribution in [0.15, 0.2) is 30.5 Å². The molecule has 1 heterocycles. The number of halogens is 1. The number of aromatic nitrogens is 1. The summed E-state index contributed by atoms with van der Waals surface area (Å²) in [5.41, 5.74) is 0. The lowest BCUT2D eigenvalue weighted by molar-refractivity contribution is 0.321. The lowest BCUT2D eigenvalue weighted by atomic mass is 10.3. The van der Waals surface area contributed by atoms with Crippen LogP contribution in [0.1, 0.15) is 22.7 Å². The van der Waals surface area contributed by atoms with E-state index in [0.717, 1.165) is 24.0 Å². The minimum absolute atomic E-state index is 0.245. The Hall–Kier alpha value is -1.46. The van der Waals surface area contributed by atoms with E-state index in [1.54, 1.807) is 23.5 Å². The first-order chi connectivity index (χ1) is 9.79. The number of ether oxygens (including phenoxy) is 1. The SMILES string of the molecule is Fc1ccc(OCCc2ncc(CNC3CC3)s2)cc1. The van der Waals surface area contributed by atoms with Crippen molar-refractivity contribution in [2.24, 2.45) is 0 Å². The van der Waals surface area contributed by atoms with Gasteiger partial charge in [0, 0.05) is 30.1 Å². The molecule has 20 heavy (non-hydrogen) atoms. The topological polar surface area (TPSA) is 34.1 Å². The van der Waals surface area contributed by atoms with Crippen molar-refractivity contribution >= 4 is 11.3 Å². The molecule has 1 aliphatic carbocycles. The second kappa shape index (κ2) is 6.33. The monoisotopic (exact) mass is 292 g/mol. The van der Waals surface area contributed by atoms with Gasteiger partial charge in [0.1, 0.15) is 11.6 Å². The van der Waals surface area contributed by atoms with Crippen LogP contribution >= 0.6 is 11.3 Å². The van der Waals surface area contributed by atoms with E-state index in [-0.39, 0.29) is 5.82 Å².